The zero-order valence-electron chi connectivity index (χ0n) is 14.1. The predicted molar refractivity (Wildman–Crippen MR) is 93.9 cm³/mol. The number of nitrogens with zero attached hydrogens (tertiary/aromatic N) is 1. The Bertz CT molecular complexity index is 855. The minimum atomic E-state index is -4.69. The van der Waals surface area contributed by atoms with E-state index in [0.717, 1.165) is 16.9 Å². The van der Waals surface area contributed by atoms with Crippen molar-refractivity contribution < 1.29 is 27.1 Å². The zero-order valence-corrected chi connectivity index (χ0v) is 14.1. The van der Waals surface area contributed by atoms with Gasteiger partial charge in [-0.1, -0.05) is 12.1 Å². The summed E-state index contributed by atoms with van der Waals surface area (Å²) < 4.78 is 51.1. The van der Waals surface area contributed by atoms with E-state index < -0.39 is 6.36 Å². The number of furan rings is 1. The van der Waals surface area contributed by atoms with Crippen LogP contribution in [-0.4, -0.2) is 12.6 Å². The summed E-state index contributed by atoms with van der Waals surface area (Å²) in [4.78, 5) is 4.29. The van der Waals surface area contributed by atoms with Gasteiger partial charge >= 0.3 is 6.36 Å². The summed E-state index contributed by atoms with van der Waals surface area (Å²) in [6, 6.07) is 16.6. The Labute approximate surface area is 153 Å². The fourth-order valence-electron chi connectivity index (χ4n) is 2.25. The summed E-state index contributed by atoms with van der Waals surface area (Å²) in [5, 5.41) is 0. The lowest BCUT2D eigenvalue weighted by molar-refractivity contribution is -0.274. The third kappa shape index (κ3) is 6.22. The first-order valence-corrected chi connectivity index (χ1v) is 8.08. The van der Waals surface area contributed by atoms with E-state index in [1.165, 1.54) is 24.3 Å². The molecule has 4 nitrogen and oxygen atoms in total. The molecule has 1 aromatic heterocycles. The lowest BCUT2D eigenvalue weighted by atomic mass is 10.2. The van der Waals surface area contributed by atoms with Crippen molar-refractivity contribution in [1.29, 1.82) is 0 Å². The van der Waals surface area contributed by atoms with Gasteiger partial charge in [0.05, 0.1) is 12.8 Å². The molecule has 0 atom stereocenters. The number of alkyl halides is 3. The standard InChI is InChI=1S/C20H16F3NO3/c21-20(22,23)27-18-9-5-16(6-10-18)14-26-17-7-3-15(4-8-17)12-24-13-19-2-1-11-25-19/h1-12H,13-14H2. The molecule has 0 bridgehead atoms. The van der Waals surface area contributed by atoms with Gasteiger partial charge in [-0.15, -0.1) is 13.2 Å². The van der Waals surface area contributed by atoms with Crippen LogP contribution in [0.5, 0.6) is 11.5 Å². The zero-order chi connectivity index (χ0) is 19.1. The molecule has 3 rings (SSSR count). The van der Waals surface area contributed by atoms with E-state index >= 15 is 0 Å². The molecule has 0 fully saturated rings. The third-order valence-electron chi connectivity index (χ3n) is 3.51. The number of rotatable bonds is 7. The smallest absolute Gasteiger partial charge is 0.489 e. The molecule has 7 heteroatoms. The highest BCUT2D eigenvalue weighted by Gasteiger charge is 2.30. The quantitative estimate of drug-likeness (QED) is 0.521. The first-order valence-electron chi connectivity index (χ1n) is 8.08. The van der Waals surface area contributed by atoms with Crippen LogP contribution in [0.25, 0.3) is 0 Å². The van der Waals surface area contributed by atoms with Crippen molar-refractivity contribution in [3.63, 3.8) is 0 Å². The van der Waals surface area contributed by atoms with E-state index in [2.05, 4.69) is 9.73 Å². The highest BCUT2D eigenvalue weighted by Crippen LogP contribution is 2.23. The molecule has 0 N–H and O–H groups in total. The van der Waals surface area contributed by atoms with Gasteiger partial charge in [-0.05, 0) is 59.7 Å². The number of hydrogen-bond donors (Lipinski definition) is 0. The van der Waals surface area contributed by atoms with Gasteiger partial charge in [-0.3, -0.25) is 4.99 Å². The largest absolute Gasteiger partial charge is 0.573 e. The van der Waals surface area contributed by atoms with Crippen LogP contribution in [-0.2, 0) is 13.2 Å². The van der Waals surface area contributed by atoms with Crippen LogP contribution in [0.15, 0.2) is 76.3 Å². The number of hydrogen-bond acceptors (Lipinski definition) is 4. The maximum Gasteiger partial charge on any atom is 0.573 e. The van der Waals surface area contributed by atoms with E-state index in [-0.39, 0.29) is 12.4 Å². The highest BCUT2D eigenvalue weighted by molar-refractivity contribution is 5.79. The molecular formula is C20H16F3NO3. The Morgan fingerprint density at radius 1 is 0.926 bits per heavy atom. The van der Waals surface area contributed by atoms with E-state index in [9.17, 15) is 13.2 Å². The summed E-state index contributed by atoms with van der Waals surface area (Å²) in [6.45, 7) is 0.706. The van der Waals surface area contributed by atoms with Gasteiger partial charge in [0.1, 0.15) is 23.9 Å². The Hall–Kier alpha value is -3.22. The van der Waals surface area contributed by atoms with Gasteiger partial charge in [0.15, 0.2) is 0 Å². The molecule has 0 saturated carbocycles. The van der Waals surface area contributed by atoms with Crippen molar-refractivity contribution in [3.8, 4) is 11.5 Å². The van der Waals surface area contributed by atoms with Crippen LogP contribution in [0.1, 0.15) is 16.9 Å². The highest BCUT2D eigenvalue weighted by atomic mass is 19.4. The maximum absolute atomic E-state index is 12.1. The van der Waals surface area contributed by atoms with E-state index in [4.69, 9.17) is 9.15 Å². The number of ether oxygens (including phenoxy) is 2. The van der Waals surface area contributed by atoms with Crippen LogP contribution >= 0.6 is 0 Å². The molecule has 0 spiro atoms. The molecule has 0 radical (unpaired) electrons. The first kappa shape index (κ1) is 18.6. The lowest BCUT2D eigenvalue weighted by Crippen LogP contribution is -2.17. The van der Waals surface area contributed by atoms with Gasteiger partial charge < -0.3 is 13.9 Å². The fraction of sp³-hybridized carbons (Fsp3) is 0.150. The Morgan fingerprint density at radius 2 is 1.63 bits per heavy atom. The normalized spacial score (nSPS) is 11.7. The van der Waals surface area contributed by atoms with Crippen molar-refractivity contribution in [1.82, 2.24) is 0 Å². The van der Waals surface area contributed by atoms with Crippen molar-refractivity contribution in [2.45, 2.75) is 19.5 Å². The summed E-state index contributed by atoms with van der Waals surface area (Å²) in [7, 11) is 0. The third-order valence-corrected chi connectivity index (χ3v) is 3.51. The second-order valence-corrected chi connectivity index (χ2v) is 5.60. The summed E-state index contributed by atoms with van der Waals surface area (Å²) in [5.41, 5.74) is 1.65. The van der Waals surface area contributed by atoms with E-state index in [0.29, 0.717) is 12.3 Å². The molecule has 27 heavy (non-hydrogen) atoms. The average molecular weight is 375 g/mol. The summed E-state index contributed by atoms with van der Waals surface area (Å²) in [6.07, 6.45) is -1.35. The van der Waals surface area contributed by atoms with Gasteiger partial charge in [-0.2, -0.15) is 0 Å². The Morgan fingerprint density at radius 3 is 2.26 bits per heavy atom. The van der Waals surface area contributed by atoms with Crippen LogP contribution in [0, 0.1) is 0 Å². The maximum atomic E-state index is 12.1. The Balaban J connectivity index is 1.49. The predicted octanol–water partition coefficient (Wildman–Crippen LogP) is 5.38. The second kappa shape index (κ2) is 8.44. The average Bonchev–Trinajstić information content (AvgIpc) is 3.14. The molecule has 0 unspecified atom stereocenters. The SMILES string of the molecule is FC(F)(F)Oc1ccc(COc2ccc(C=NCc3ccco3)cc2)cc1. The minimum Gasteiger partial charge on any atom is -0.489 e. The summed E-state index contributed by atoms with van der Waals surface area (Å²) in [5.74, 6) is 1.18. The molecule has 0 saturated heterocycles. The van der Waals surface area contributed by atoms with Gasteiger partial charge in [0.25, 0.3) is 0 Å². The minimum absolute atomic E-state index is 0.234. The molecule has 0 aliphatic carbocycles. The topological polar surface area (TPSA) is 44.0 Å². The molecule has 0 aliphatic rings. The van der Waals surface area contributed by atoms with Crippen molar-refractivity contribution in [3.05, 3.63) is 83.8 Å². The first-order chi connectivity index (χ1) is 13.0. The van der Waals surface area contributed by atoms with Crippen molar-refractivity contribution in [2.75, 3.05) is 0 Å². The van der Waals surface area contributed by atoms with Crippen molar-refractivity contribution in [2.24, 2.45) is 4.99 Å². The summed E-state index contributed by atoms with van der Waals surface area (Å²) >= 11 is 0. The number of halogens is 3. The molecule has 2 aromatic carbocycles. The number of benzene rings is 2. The molecule has 140 valence electrons. The molecular weight excluding hydrogens is 359 g/mol. The number of aliphatic imine (C=N–C) groups is 1. The van der Waals surface area contributed by atoms with Crippen LogP contribution in [0.3, 0.4) is 0 Å². The Kier molecular flexibility index (Phi) is 5.80. The van der Waals surface area contributed by atoms with Crippen LogP contribution in [0.4, 0.5) is 13.2 Å². The van der Waals surface area contributed by atoms with E-state index in [1.54, 1.807) is 24.6 Å². The fourth-order valence-corrected chi connectivity index (χ4v) is 2.25. The van der Waals surface area contributed by atoms with Crippen LogP contribution < -0.4 is 9.47 Å². The molecule has 1 heterocycles. The van der Waals surface area contributed by atoms with E-state index in [1.807, 2.05) is 24.3 Å². The van der Waals surface area contributed by atoms with Crippen molar-refractivity contribution >= 4 is 6.21 Å². The second-order valence-electron chi connectivity index (χ2n) is 5.60. The molecule has 0 aliphatic heterocycles. The van der Waals surface area contributed by atoms with Gasteiger partial charge in [0, 0.05) is 6.21 Å². The molecule has 3 aromatic rings. The monoisotopic (exact) mass is 375 g/mol. The molecule has 0 amide bonds. The van der Waals surface area contributed by atoms with Gasteiger partial charge in [-0.25, -0.2) is 0 Å². The lowest BCUT2D eigenvalue weighted by Gasteiger charge is -2.10. The van der Waals surface area contributed by atoms with Crippen LogP contribution in [0.2, 0.25) is 0 Å². The van der Waals surface area contributed by atoms with Gasteiger partial charge in [0.2, 0.25) is 0 Å².